The molecular formula is C25H34N7O13PS. The molecule has 3 aromatic rings. The predicted octanol–water partition coefficient (Wildman–Crippen LogP) is 0.274. The number of nitrogen functional groups attached to an aromatic ring is 1. The Bertz CT molecular complexity index is 1720. The van der Waals surface area contributed by atoms with Gasteiger partial charge in [-0.25, -0.2) is 29.1 Å². The standard InChI is InChI=1S/C25H34N7O13PS/c1-12(2)42-25(37)40-11-47-46(38,45-19-14(7-33)44-23(20(19)39-3)31-5-4-16(35)30-24(31)36)41-8-15-13(34)6-17(43-15)32-10-29-18-21(26)27-9-28-22(18)32/h4-5,9-10,12-15,17,19-20,23,33-34H,6-8,11H2,1-3H3,(H2,26,27,28)(H,30,35,36)/t13-,14+,15+,17+,19+,20+,23+,46?/m0/s1. The van der Waals surface area contributed by atoms with Crippen LogP contribution in [0.15, 0.2) is 34.5 Å². The highest BCUT2D eigenvalue weighted by Gasteiger charge is 2.51. The van der Waals surface area contributed by atoms with Gasteiger partial charge in [-0.3, -0.25) is 28.0 Å². The molecule has 5 rings (SSSR count). The van der Waals surface area contributed by atoms with E-state index in [-0.39, 0.29) is 12.2 Å². The van der Waals surface area contributed by atoms with Gasteiger partial charge in [-0.2, -0.15) is 0 Å². The van der Waals surface area contributed by atoms with E-state index in [9.17, 15) is 29.2 Å². The van der Waals surface area contributed by atoms with Crippen LogP contribution in [0, 0.1) is 0 Å². The molecule has 0 aromatic carbocycles. The van der Waals surface area contributed by atoms with Gasteiger partial charge in [0.15, 0.2) is 23.6 Å². The quantitative estimate of drug-likeness (QED) is 0.106. The van der Waals surface area contributed by atoms with Crippen LogP contribution in [-0.2, 0) is 37.3 Å². The summed E-state index contributed by atoms with van der Waals surface area (Å²) in [4.78, 5) is 50.5. The minimum absolute atomic E-state index is 0.0935. The van der Waals surface area contributed by atoms with Gasteiger partial charge in [0.2, 0.25) is 0 Å². The average Bonchev–Trinajstić information content (AvgIpc) is 3.71. The van der Waals surface area contributed by atoms with Crippen LogP contribution in [0.4, 0.5) is 10.6 Å². The van der Waals surface area contributed by atoms with Crippen molar-refractivity contribution in [2.75, 3.05) is 32.0 Å². The summed E-state index contributed by atoms with van der Waals surface area (Å²) in [6.07, 6.45) is -5.23. The molecule has 1 unspecified atom stereocenters. The van der Waals surface area contributed by atoms with Crippen molar-refractivity contribution in [3.63, 3.8) is 0 Å². The summed E-state index contributed by atoms with van der Waals surface area (Å²) in [5.41, 5.74) is 5.13. The van der Waals surface area contributed by atoms with Gasteiger partial charge in [-0.1, -0.05) is 0 Å². The highest BCUT2D eigenvalue weighted by Crippen LogP contribution is 2.63. The molecule has 5 heterocycles. The lowest BCUT2D eigenvalue weighted by Crippen LogP contribution is -2.39. The van der Waals surface area contributed by atoms with Gasteiger partial charge < -0.3 is 39.6 Å². The number of aliphatic hydroxyl groups excluding tert-OH is 2. The zero-order chi connectivity index (χ0) is 33.9. The SMILES string of the molecule is CO[C@@H]1[C@H](OP(=O)(OC[C@H]2O[C@@H](n3cnc4c(N)ncnc43)C[C@@H]2O)SCOC(=O)OC(C)C)[C@@H](CO)O[C@H]1n1ccc(=O)[nH]c1=O. The summed E-state index contributed by atoms with van der Waals surface area (Å²) in [7, 11) is 1.28. The number of carbonyl (C=O) groups excluding carboxylic acids is 1. The highest BCUT2D eigenvalue weighted by atomic mass is 32.7. The van der Waals surface area contributed by atoms with Crippen molar-refractivity contribution in [3.05, 3.63) is 45.8 Å². The van der Waals surface area contributed by atoms with Crippen LogP contribution < -0.4 is 17.0 Å². The number of hydrogen-bond acceptors (Lipinski definition) is 18. The number of imidazole rings is 1. The van der Waals surface area contributed by atoms with Gasteiger partial charge in [0.05, 0.1) is 31.7 Å². The molecule has 22 heteroatoms. The Morgan fingerprint density at radius 3 is 2.70 bits per heavy atom. The van der Waals surface area contributed by atoms with Crippen LogP contribution in [0.25, 0.3) is 11.2 Å². The Kier molecular flexibility index (Phi) is 11.0. The number of aromatic nitrogens is 6. The minimum Gasteiger partial charge on any atom is -0.432 e. The Hall–Kier alpha value is -3.40. The highest BCUT2D eigenvalue weighted by molar-refractivity contribution is 8.55. The molecule has 0 aliphatic carbocycles. The molecule has 0 radical (unpaired) electrons. The van der Waals surface area contributed by atoms with Gasteiger partial charge in [-0.15, -0.1) is 0 Å². The first-order valence-electron chi connectivity index (χ1n) is 14.2. The summed E-state index contributed by atoms with van der Waals surface area (Å²) < 4.78 is 55.8. The number of H-pyrrole nitrogens is 1. The Morgan fingerprint density at radius 2 is 2.00 bits per heavy atom. The maximum atomic E-state index is 14.2. The topological polar surface area (TPSA) is 264 Å². The number of methoxy groups -OCH3 is 1. The van der Waals surface area contributed by atoms with E-state index in [4.69, 9.17) is 38.5 Å². The first kappa shape index (κ1) is 34.9. The number of nitrogens with two attached hydrogens (primary N) is 1. The monoisotopic (exact) mass is 703 g/mol. The third-order valence-electron chi connectivity index (χ3n) is 7.13. The Morgan fingerprint density at radius 1 is 1.21 bits per heavy atom. The number of aromatic amines is 1. The van der Waals surface area contributed by atoms with Crippen LogP contribution in [0.3, 0.4) is 0 Å². The fraction of sp³-hybridized carbons (Fsp3) is 0.600. The lowest BCUT2D eigenvalue weighted by Gasteiger charge is -2.28. The zero-order valence-corrected chi connectivity index (χ0v) is 27.0. The molecule has 8 atom stereocenters. The lowest BCUT2D eigenvalue weighted by atomic mass is 10.1. The van der Waals surface area contributed by atoms with E-state index >= 15 is 0 Å². The molecular weight excluding hydrogens is 669 g/mol. The molecule has 2 aliphatic rings. The Balaban J connectivity index is 1.34. The maximum Gasteiger partial charge on any atom is 0.509 e. The van der Waals surface area contributed by atoms with Crippen molar-refractivity contribution >= 4 is 41.3 Å². The van der Waals surface area contributed by atoms with Crippen molar-refractivity contribution in [3.8, 4) is 0 Å². The van der Waals surface area contributed by atoms with Crippen LogP contribution in [0.1, 0.15) is 32.7 Å². The second-order valence-corrected chi connectivity index (χ2v) is 14.6. The Labute approximate surface area is 269 Å². The summed E-state index contributed by atoms with van der Waals surface area (Å²) >= 11 is 0.476. The number of fused-ring (bicyclic) bond motifs is 1. The molecule has 47 heavy (non-hydrogen) atoms. The number of rotatable bonds is 13. The summed E-state index contributed by atoms with van der Waals surface area (Å²) in [5, 5.41) is 20.9. The van der Waals surface area contributed by atoms with E-state index in [2.05, 4.69) is 19.9 Å². The normalized spacial score (nSPS) is 27.3. The zero-order valence-electron chi connectivity index (χ0n) is 25.3. The van der Waals surface area contributed by atoms with Crippen LogP contribution >= 0.6 is 18.2 Å². The molecule has 2 saturated heterocycles. The molecule has 0 saturated carbocycles. The van der Waals surface area contributed by atoms with Gasteiger partial charge in [0.25, 0.3) is 5.56 Å². The first-order chi connectivity index (χ1) is 22.4. The van der Waals surface area contributed by atoms with Crippen molar-refractivity contribution < 1.29 is 52.3 Å². The summed E-state index contributed by atoms with van der Waals surface area (Å²) in [6.45, 7) is -2.26. The molecule has 3 aromatic heterocycles. The molecule has 2 fully saturated rings. The van der Waals surface area contributed by atoms with E-state index in [1.165, 1.54) is 26.0 Å². The number of nitrogens with one attached hydrogen (secondary N) is 1. The fourth-order valence-electron chi connectivity index (χ4n) is 4.98. The molecule has 258 valence electrons. The second kappa shape index (κ2) is 14.8. The fourth-order valence-corrected chi connectivity index (χ4v) is 7.77. The third kappa shape index (κ3) is 7.85. The van der Waals surface area contributed by atoms with Gasteiger partial charge in [0.1, 0.15) is 42.5 Å². The smallest absolute Gasteiger partial charge is 0.432 e. The van der Waals surface area contributed by atoms with E-state index in [0.717, 1.165) is 10.6 Å². The average molecular weight is 704 g/mol. The van der Waals surface area contributed by atoms with Crippen molar-refractivity contribution in [1.82, 2.24) is 29.1 Å². The number of aliphatic hydroxyl groups is 2. The van der Waals surface area contributed by atoms with E-state index in [1.807, 2.05) is 0 Å². The molecule has 0 bridgehead atoms. The number of hydrogen-bond donors (Lipinski definition) is 4. The third-order valence-corrected chi connectivity index (χ3v) is 10.5. The number of anilines is 1. The van der Waals surface area contributed by atoms with Crippen molar-refractivity contribution in [2.24, 2.45) is 0 Å². The van der Waals surface area contributed by atoms with E-state index in [1.54, 1.807) is 18.4 Å². The summed E-state index contributed by atoms with van der Waals surface area (Å²) in [5.74, 6) is -0.375. The van der Waals surface area contributed by atoms with Crippen molar-refractivity contribution in [2.45, 2.75) is 69.3 Å². The van der Waals surface area contributed by atoms with Crippen molar-refractivity contribution in [1.29, 1.82) is 0 Å². The molecule has 0 spiro atoms. The van der Waals surface area contributed by atoms with E-state index < -0.39 is 92.4 Å². The largest absolute Gasteiger partial charge is 0.509 e. The first-order valence-corrected chi connectivity index (χ1v) is 17.3. The summed E-state index contributed by atoms with van der Waals surface area (Å²) in [6, 6.07) is 1.09. The molecule has 0 amide bonds. The molecule has 20 nitrogen and oxygen atoms in total. The predicted molar refractivity (Wildman–Crippen MR) is 161 cm³/mol. The molecule has 5 N–H and O–H groups in total. The number of carbonyl (C=O) groups is 1. The van der Waals surface area contributed by atoms with Gasteiger partial charge >= 0.3 is 18.6 Å². The molecule has 2 aliphatic heterocycles. The van der Waals surface area contributed by atoms with Crippen LogP contribution in [-0.4, -0.2) is 108 Å². The lowest BCUT2D eigenvalue weighted by molar-refractivity contribution is -0.0625. The number of ether oxygens (including phenoxy) is 5. The van der Waals surface area contributed by atoms with Gasteiger partial charge in [0, 0.05) is 37.2 Å². The maximum absolute atomic E-state index is 14.2. The second-order valence-electron chi connectivity index (χ2n) is 10.6. The van der Waals surface area contributed by atoms with Crippen LogP contribution in [0.5, 0.6) is 0 Å². The minimum atomic E-state index is -4.38. The van der Waals surface area contributed by atoms with Gasteiger partial charge in [-0.05, 0) is 13.8 Å². The number of nitrogens with zero attached hydrogens (tertiary/aromatic N) is 5. The van der Waals surface area contributed by atoms with Crippen LogP contribution in [0.2, 0.25) is 0 Å². The van der Waals surface area contributed by atoms with E-state index in [0.29, 0.717) is 22.5 Å².